The van der Waals surface area contributed by atoms with Crippen molar-refractivity contribution in [1.29, 1.82) is 0 Å². The van der Waals surface area contributed by atoms with Crippen LogP contribution < -0.4 is 11.1 Å². The van der Waals surface area contributed by atoms with Gasteiger partial charge in [-0.25, -0.2) is 0 Å². The van der Waals surface area contributed by atoms with E-state index in [0.717, 1.165) is 12.8 Å². The summed E-state index contributed by atoms with van der Waals surface area (Å²) >= 11 is 4.90. The molecule has 0 aromatic carbocycles. The first-order valence-corrected chi connectivity index (χ1v) is 6.84. The lowest BCUT2D eigenvalue weighted by Gasteiger charge is -2.24. The molecule has 0 aliphatic rings. The maximum Gasteiger partial charge on any atom is 0.232 e. The van der Waals surface area contributed by atoms with E-state index < -0.39 is 5.41 Å². The molecule has 0 aliphatic heterocycles. The molecule has 0 heterocycles. The third-order valence-corrected chi connectivity index (χ3v) is 3.56. The van der Waals surface area contributed by atoms with Gasteiger partial charge in [0, 0.05) is 6.04 Å². The summed E-state index contributed by atoms with van der Waals surface area (Å²) in [5, 5.41) is 2.97. The maximum atomic E-state index is 11.9. The Bertz CT molecular complexity index is 264. The topological polar surface area (TPSA) is 55.1 Å². The van der Waals surface area contributed by atoms with Crippen LogP contribution in [0.2, 0.25) is 0 Å². The second kappa shape index (κ2) is 7.64. The normalized spacial score (nSPS) is 13.2. The van der Waals surface area contributed by atoms with Crippen LogP contribution in [0.1, 0.15) is 59.8 Å². The number of nitrogens with two attached hydrogens (primary N) is 1. The Morgan fingerprint density at radius 3 is 2.41 bits per heavy atom. The van der Waals surface area contributed by atoms with Gasteiger partial charge in [-0.05, 0) is 27.2 Å². The first-order chi connectivity index (χ1) is 7.82. The van der Waals surface area contributed by atoms with Crippen LogP contribution in [-0.4, -0.2) is 16.9 Å². The van der Waals surface area contributed by atoms with Crippen molar-refractivity contribution in [1.82, 2.24) is 5.32 Å². The largest absolute Gasteiger partial charge is 0.392 e. The highest BCUT2D eigenvalue weighted by Gasteiger charge is 2.31. The van der Waals surface area contributed by atoms with Gasteiger partial charge in [-0.15, -0.1) is 0 Å². The molecule has 17 heavy (non-hydrogen) atoms. The predicted molar refractivity (Wildman–Crippen MR) is 76.9 cm³/mol. The zero-order chi connectivity index (χ0) is 13.5. The highest BCUT2D eigenvalue weighted by molar-refractivity contribution is 7.80. The van der Waals surface area contributed by atoms with Gasteiger partial charge in [-0.1, -0.05) is 44.8 Å². The van der Waals surface area contributed by atoms with E-state index in [9.17, 15) is 4.79 Å². The maximum absolute atomic E-state index is 11.9. The molecule has 0 spiro atoms. The number of nitrogens with one attached hydrogen (secondary N) is 1. The third-order valence-electron chi connectivity index (χ3n) is 3.05. The van der Waals surface area contributed by atoms with Gasteiger partial charge < -0.3 is 11.1 Å². The number of rotatable bonds is 8. The van der Waals surface area contributed by atoms with Crippen LogP contribution in [0.15, 0.2) is 0 Å². The second-order valence-electron chi connectivity index (χ2n) is 5.21. The first-order valence-electron chi connectivity index (χ1n) is 6.43. The quantitative estimate of drug-likeness (QED) is 0.520. The summed E-state index contributed by atoms with van der Waals surface area (Å²) in [5.41, 5.74) is 4.80. The number of hydrogen-bond donors (Lipinski definition) is 2. The van der Waals surface area contributed by atoms with Gasteiger partial charge in [0.25, 0.3) is 0 Å². The molecule has 3 nitrogen and oxygen atoms in total. The Kier molecular flexibility index (Phi) is 7.35. The summed E-state index contributed by atoms with van der Waals surface area (Å²) in [6, 6.07) is 0.188. The molecule has 4 heteroatoms. The zero-order valence-electron chi connectivity index (χ0n) is 11.5. The van der Waals surface area contributed by atoms with E-state index in [1.165, 1.54) is 19.3 Å². The molecule has 0 radical (unpaired) electrons. The van der Waals surface area contributed by atoms with Gasteiger partial charge in [0.05, 0.1) is 10.4 Å². The number of unbranched alkanes of at least 4 members (excludes halogenated alkanes) is 3. The van der Waals surface area contributed by atoms with Gasteiger partial charge >= 0.3 is 0 Å². The fraction of sp³-hybridized carbons (Fsp3) is 0.846. The fourth-order valence-electron chi connectivity index (χ4n) is 1.47. The van der Waals surface area contributed by atoms with E-state index in [-0.39, 0.29) is 16.9 Å². The average molecular weight is 258 g/mol. The van der Waals surface area contributed by atoms with Crippen molar-refractivity contribution in [3.63, 3.8) is 0 Å². The summed E-state index contributed by atoms with van der Waals surface area (Å²) in [4.78, 5) is 12.2. The number of hydrogen-bond acceptors (Lipinski definition) is 2. The number of amides is 1. The van der Waals surface area contributed by atoms with Crippen molar-refractivity contribution >= 4 is 23.1 Å². The van der Waals surface area contributed by atoms with Crippen LogP contribution in [0, 0.1) is 5.41 Å². The van der Waals surface area contributed by atoms with E-state index in [2.05, 4.69) is 12.2 Å². The van der Waals surface area contributed by atoms with Gasteiger partial charge in [0.2, 0.25) is 5.91 Å². The molecule has 0 bridgehead atoms. The van der Waals surface area contributed by atoms with Gasteiger partial charge in [-0.2, -0.15) is 0 Å². The molecule has 1 atom stereocenters. The summed E-state index contributed by atoms with van der Waals surface area (Å²) in [5.74, 6) is -0.0759. The van der Waals surface area contributed by atoms with Gasteiger partial charge in [-0.3, -0.25) is 4.79 Å². The van der Waals surface area contributed by atoms with E-state index in [4.69, 9.17) is 18.0 Å². The summed E-state index contributed by atoms with van der Waals surface area (Å²) < 4.78 is 0. The van der Waals surface area contributed by atoms with Gasteiger partial charge in [0.1, 0.15) is 0 Å². The van der Waals surface area contributed by atoms with Crippen LogP contribution in [-0.2, 0) is 4.79 Å². The minimum atomic E-state index is -0.757. The molecule has 0 rings (SSSR count). The van der Waals surface area contributed by atoms with Crippen molar-refractivity contribution in [2.45, 2.75) is 65.8 Å². The number of carbonyl (C=O) groups is 1. The van der Waals surface area contributed by atoms with Gasteiger partial charge in [0.15, 0.2) is 0 Å². The smallest absolute Gasteiger partial charge is 0.232 e. The lowest BCUT2D eigenvalue weighted by atomic mass is 9.92. The van der Waals surface area contributed by atoms with Crippen molar-refractivity contribution in [3.05, 3.63) is 0 Å². The fourth-order valence-corrected chi connectivity index (χ4v) is 1.56. The molecule has 1 amide bonds. The van der Waals surface area contributed by atoms with Crippen molar-refractivity contribution in [2.75, 3.05) is 0 Å². The van der Waals surface area contributed by atoms with Crippen molar-refractivity contribution < 1.29 is 4.79 Å². The monoisotopic (exact) mass is 258 g/mol. The van der Waals surface area contributed by atoms with Crippen molar-refractivity contribution in [2.24, 2.45) is 11.1 Å². The minimum absolute atomic E-state index is 0.0759. The Morgan fingerprint density at radius 1 is 1.35 bits per heavy atom. The molecule has 0 aromatic heterocycles. The van der Waals surface area contributed by atoms with E-state index >= 15 is 0 Å². The average Bonchev–Trinajstić information content (AvgIpc) is 2.24. The molecule has 100 valence electrons. The molecule has 0 aliphatic carbocycles. The SMILES string of the molecule is CCCCCCC(C)NC(=O)C(C)(C)C(N)=S. The molecule has 1 unspecified atom stereocenters. The lowest BCUT2D eigenvalue weighted by Crippen LogP contribution is -2.47. The Labute approximate surface area is 111 Å². The molecule has 3 N–H and O–H groups in total. The summed E-state index contributed by atoms with van der Waals surface area (Å²) in [6.45, 7) is 7.73. The molecule has 0 saturated carbocycles. The summed E-state index contributed by atoms with van der Waals surface area (Å²) in [7, 11) is 0. The second-order valence-corrected chi connectivity index (χ2v) is 5.65. The minimum Gasteiger partial charge on any atom is -0.392 e. The molecule has 0 fully saturated rings. The highest BCUT2D eigenvalue weighted by atomic mass is 32.1. The lowest BCUT2D eigenvalue weighted by molar-refractivity contribution is -0.126. The molecular weight excluding hydrogens is 232 g/mol. The predicted octanol–water partition coefficient (Wildman–Crippen LogP) is 2.77. The Morgan fingerprint density at radius 2 is 1.94 bits per heavy atom. The van der Waals surface area contributed by atoms with Crippen LogP contribution in [0.5, 0.6) is 0 Å². The molecule has 0 aromatic rings. The van der Waals surface area contributed by atoms with Crippen LogP contribution in [0.4, 0.5) is 0 Å². The molecule has 0 saturated heterocycles. The highest BCUT2D eigenvalue weighted by Crippen LogP contribution is 2.16. The van der Waals surface area contributed by atoms with E-state index in [1.54, 1.807) is 13.8 Å². The Balaban J connectivity index is 3.99. The number of carbonyl (C=O) groups excluding carboxylic acids is 1. The number of thiocarbonyl (C=S) groups is 1. The van der Waals surface area contributed by atoms with Crippen LogP contribution in [0.25, 0.3) is 0 Å². The van der Waals surface area contributed by atoms with Crippen molar-refractivity contribution in [3.8, 4) is 0 Å². The summed E-state index contributed by atoms with van der Waals surface area (Å²) in [6.07, 6.45) is 5.89. The molecular formula is C13H26N2OS. The van der Waals surface area contributed by atoms with E-state index in [0.29, 0.717) is 0 Å². The standard InChI is InChI=1S/C13H26N2OS/c1-5-6-7-8-9-10(2)15-12(16)13(3,4)11(14)17/h10H,5-9H2,1-4H3,(H2,14,17)(H,15,16). The zero-order valence-corrected chi connectivity index (χ0v) is 12.3. The first kappa shape index (κ1) is 16.4. The third kappa shape index (κ3) is 6.01. The Hall–Kier alpha value is -0.640. The van der Waals surface area contributed by atoms with E-state index in [1.807, 2.05) is 6.92 Å². The van der Waals surface area contributed by atoms with Crippen LogP contribution in [0.3, 0.4) is 0 Å². The van der Waals surface area contributed by atoms with Crippen LogP contribution >= 0.6 is 12.2 Å².